The summed E-state index contributed by atoms with van der Waals surface area (Å²) in [5.74, 6) is 1.88. The van der Waals surface area contributed by atoms with Crippen LogP contribution in [0.5, 0.6) is 0 Å². The van der Waals surface area contributed by atoms with Gasteiger partial charge in [0.25, 0.3) is 0 Å². The van der Waals surface area contributed by atoms with Crippen LogP contribution < -0.4 is 5.30 Å². The molecule has 6 heteroatoms. The predicted molar refractivity (Wildman–Crippen MR) is 104 cm³/mol. The van der Waals surface area contributed by atoms with Gasteiger partial charge in [-0.25, -0.2) is 9.67 Å². The van der Waals surface area contributed by atoms with Gasteiger partial charge in [-0.3, -0.25) is 0 Å². The lowest BCUT2D eigenvalue weighted by molar-refractivity contribution is 0.818. The molecule has 0 N–H and O–H groups in total. The molecule has 0 saturated heterocycles. The smallest absolute Gasteiger partial charge is 0.168 e. The number of para-hydroxylation sites is 1. The molecule has 2 heterocycles. The fraction of sp³-hybridized carbons (Fsp3) is 0.111. The van der Waals surface area contributed by atoms with Gasteiger partial charge < -0.3 is 4.67 Å². The van der Waals surface area contributed by atoms with Crippen molar-refractivity contribution in [3.05, 3.63) is 71.9 Å². The molecule has 1 aromatic heterocycles. The second kappa shape index (κ2) is 6.15. The van der Waals surface area contributed by atoms with Crippen LogP contribution in [0.2, 0.25) is 0 Å². The lowest BCUT2D eigenvalue weighted by Crippen LogP contribution is -2.29. The number of rotatable bonds is 2. The van der Waals surface area contributed by atoms with E-state index in [1.807, 2.05) is 48.0 Å². The molecule has 0 amide bonds. The normalized spacial score (nSPS) is 16.7. The van der Waals surface area contributed by atoms with E-state index in [-0.39, 0.29) is 0 Å². The summed E-state index contributed by atoms with van der Waals surface area (Å²) in [4.78, 5) is 4.97. The van der Waals surface area contributed by atoms with E-state index in [2.05, 4.69) is 51.5 Å². The first-order valence-corrected chi connectivity index (χ1v) is 11.0. The SMILES string of the molecule is Cc1nn(-c2ccccc2)c2c1P(Br)N(C)C(c1ccccc1)=N2. The third-order valence-corrected chi connectivity index (χ3v) is 8.10. The molecule has 1 unspecified atom stereocenters. The van der Waals surface area contributed by atoms with Crippen LogP contribution in [0.25, 0.3) is 5.69 Å². The van der Waals surface area contributed by atoms with Crippen molar-refractivity contribution in [3.63, 3.8) is 0 Å². The molecule has 4 rings (SSSR count). The highest BCUT2D eigenvalue weighted by molar-refractivity contribution is 9.40. The molecule has 0 spiro atoms. The van der Waals surface area contributed by atoms with E-state index in [9.17, 15) is 0 Å². The predicted octanol–water partition coefficient (Wildman–Crippen LogP) is 4.54. The van der Waals surface area contributed by atoms with E-state index in [0.717, 1.165) is 28.6 Å². The van der Waals surface area contributed by atoms with Crippen LogP contribution in [0.4, 0.5) is 5.82 Å². The quantitative estimate of drug-likeness (QED) is 0.593. The summed E-state index contributed by atoms with van der Waals surface area (Å²) in [5.41, 5.74) is 3.15. The van der Waals surface area contributed by atoms with Crippen molar-refractivity contribution in [1.29, 1.82) is 0 Å². The van der Waals surface area contributed by atoms with Gasteiger partial charge in [-0.2, -0.15) is 5.10 Å². The maximum Gasteiger partial charge on any atom is 0.168 e. The van der Waals surface area contributed by atoms with E-state index in [1.165, 1.54) is 5.30 Å². The molecule has 0 bridgehead atoms. The summed E-state index contributed by atoms with van der Waals surface area (Å²) in [5, 5.41) is 5.92. The number of benzene rings is 2. The summed E-state index contributed by atoms with van der Waals surface area (Å²) in [6.45, 7) is 1.36. The highest BCUT2D eigenvalue weighted by atomic mass is 79.9. The molecular formula is C18H16BrN4P. The van der Waals surface area contributed by atoms with Gasteiger partial charge in [0, 0.05) is 12.6 Å². The summed E-state index contributed by atoms with van der Waals surface area (Å²) >= 11 is 3.88. The molecule has 1 atom stereocenters. The van der Waals surface area contributed by atoms with Crippen LogP contribution in [0.15, 0.2) is 65.7 Å². The van der Waals surface area contributed by atoms with Crippen LogP contribution in [0.3, 0.4) is 0 Å². The monoisotopic (exact) mass is 398 g/mol. The van der Waals surface area contributed by atoms with Gasteiger partial charge in [-0.1, -0.05) is 48.5 Å². The van der Waals surface area contributed by atoms with E-state index in [1.54, 1.807) is 0 Å². The Morgan fingerprint density at radius 1 is 0.958 bits per heavy atom. The third kappa shape index (κ3) is 2.48. The van der Waals surface area contributed by atoms with Crippen LogP contribution in [-0.4, -0.2) is 27.3 Å². The van der Waals surface area contributed by atoms with Crippen molar-refractivity contribution in [2.75, 3.05) is 7.05 Å². The van der Waals surface area contributed by atoms with Gasteiger partial charge in [-0.15, -0.1) is 0 Å². The Balaban J connectivity index is 1.94. The number of aromatic nitrogens is 2. The van der Waals surface area contributed by atoms with Crippen LogP contribution in [0.1, 0.15) is 11.3 Å². The second-order valence-corrected chi connectivity index (χ2v) is 9.17. The van der Waals surface area contributed by atoms with Crippen LogP contribution >= 0.6 is 22.3 Å². The standard InChI is InChI=1S/C18H16BrN4P/c1-13-16-18(23(21-13)15-11-7-4-8-12-15)20-17(22(2)24(16)19)14-9-5-3-6-10-14/h3-12H,1-2H3. The van der Waals surface area contributed by atoms with Crippen molar-refractivity contribution in [3.8, 4) is 5.69 Å². The fourth-order valence-electron chi connectivity index (χ4n) is 2.82. The minimum Gasteiger partial charge on any atom is -0.325 e. The fourth-order valence-corrected chi connectivity index (χ4v) is 5.76. The first-order chi connectivity index (χ1) is 11.7. The van der Waals surface area contributed by atoms with E-state index < -0.39 is 6.77 Å². The van der Waals surface area contributed by atoms with Gasteiger partial charge in [-0.05, 0) is 34.5 Å². The lowest BCUT2D eigenvalue weighted by atomic mass is 10.2. The topological polar surface area (TPSA) is 33.4 Å². The van der Waals surface area contributed by atoms with E-state index in [0.29, 0.717) is 0 Å². The van der Waals surface area contributed by atoms with Gasteiger partial charge in [0.1, 0.15) is 12.6 Å². The molecule has 1 aliphatic heterocycles. The molecular weight excluding hydrogens is 383 g/mol. The Bertz CT molecular complexity index is 906. The molecule has 0 fully saturated rings. The van der Waals surface area contributed by atoms with Crippen molar-refractivity contribution in [2.24, 2.45) is 4.99 Å². The summed E-state index contributed by atoms with van der Waals surface area (Å²) in [7, 11) is 2.08. The Morgan fingerprint density at radius 2 is 1.58 bits per heavy atom. The highest BCUT2D eigenvalue weighted by Gasteiger charge is 2.32. The molecule has 24 heavy (non-hydrogen) atoms. The maximum absolute atomic E-state index is 4.97. The van der Waals surface area contributed by atoms with E-state index in [4.69, 9.17) is 10.1 Å². The zero-order valence-corrected chi connectivity index (χ0v) is 15.9. The van der Waals surface area contributed by atoms with Crippen molar-refractivity contribution >= 4 is 39.2 Å². The average molecular weight is 399 g/mol. The summed E-state index contributed by atoms with van der Waals surface area (Å²) in [6.07, 6.45) is 0. The number of fused-ring (bicyclic) bond motifs is 1. The van der Waals surface area contributed by atoms with Gasteiger partial charge in [0.15, 0.2) is 5.82 Å². The number of amidine groups is 1. The molecule has 4 nitrogen and oxygen atoms in total. The van der Waals surface area contributed by atoms with Crippen molar-refractivity contribution in [1.82, 2.24) is 14.5 Å². The zero-order valence-electron chi connectivity index (χ0n) is 13.4. The second-order valence-electron chi connectivity index (χ2n) is 5.59. The number of halogens is 1. The van der Waals surface area contributed by atoms with Crippen molar-refractivity contribution < 1.29 is 0 Å². The number of hydrogen-bond donors (Lipinski definition) is 0. The zero-order chi connectivity index (χ0) is 16.7. The molecule has 0 saturated carbocycles. The summed E-state index contributed by atoms with van der Waals surface area (Å²) in [6, 6.07) is 20.4. The third-order valence-electron chi connectivity index (χ3n) is 4.00. The molecule has 3 aromatic rings. The van der Waals surface area contributed by atoms with Crippen LogP contribution in [-0.2, 0) is 0 Å². The highest BCUT2D eigenvalue weighted by Crippen LogP contribution is 2.52. The molecule has 1 aliphatic rings. The van der Waals surface area contributed by atoms with Gasteiger partial charge >= 0.3 is 0 Å². The minimum absolute atomic E-state index is 0.690. The number of hydrogen-bond acceptors (Lipinski definition) is 3. The maximum atomic E-state index is 4.97. The molecule has 0 aliphatic carbocycles. The minimum atomic E-state index is -0.690. The Hall–Kier alpha value is -1.97. The number of aryl methyl sites for hydroxylation is 1. The lowest BCUT2D eigenvalue weighted by Gasteiger charge is -2.30. The molecule has 120 valence electrons. The Kier molecular flexibility index (Phi) is 3.99. The number of nitrogens with zero attached hydrogens (tertiary/aromatic N) is 4. The first kappa shape index (κ1) is 15.6. The van der Waals surface area contributed by atoms with Crippen LogP contribution in [0, 0.1) is 6.92 Å². The largest absolute Gasteiger partial charge is 0.325 e. The van der Waals surface area contributed by atoms with E-state index >= 15 is 0 Å². The number of aliphatic imine (C=N–C) groups is 1. The van der Waals surface area contributed by atoms with Crippen molar-refractivity contribution in [2.45, 2.75) is 6.92 Å². The molecule has 2 aromatic carbocycles. The molecule has 0 radical (unpaired) electrons. The average Bonchev–Trinajstić information content (AvgIpc) is 2.96. The Labute approximate surface area is 150 Å². The first-order valence-electron chi connectivity index (χ1n) is 7.65. The summed E-state index contributed by atoms with van der Waals surface area (Å²) < 4.78 is 4.15. The van der Waals surface area contributed by atoms with Gasteiger partial charge in [0.2, 0.25) is 0 Å². The van der Waals surface area contributed by atoms with Gasteiger partial charge in [0.05, 0.1) is 16.7 Å². The Morgan fingerprint density at radius 3 is 2.25 bits per heavy atom.